The van der Waals surface area contributed by atoms with E-state index in [-0.39, 0.29) is 17.5 Å². The highest BCUT2D eigenvalue weighted by Crippen LogP contribution is 2.64. The number of aryl methyl sites for hydroxylation is 1. The molecular weight excluding hydrogens is 486 g/mol. The van der Waals surface area contributed by atoms with E-state index in [1.807, 2.05) is 37.3 Å². The van der Waals surface area contributed by atoms with Crippen LogP contribution in [0, 0.1) is 24.2 Å². The third-order valence-corrected chi connectivity index (χ3v) is 9.10. The summed E-state index contributed by atoms with van der Waals surface area (Å²) in [5, 5.41) is 3.19. The fraction of sp³-hybridized carbons (Fsp3) is 0.519. The van der Waals surface area contributed by atoms with Gasteiger partial charge < -0.3 is 14.8 Å². The molecule has 0 spiro atoms. The lowest BCUT2D eigenvalue weighted by atomic mass is 9.49. The molecule has 0 radical (unpaired) electrons. The number of alkyl halides is 1. The van der Waals surface area contributed by atoms with E-state index in [0.717, 1.165) is 48.1 Å². The zero-order valence-corrected chi connectivity index (χ0v) is 21.6. The van der Waals surface area contributed by atoms with Crippen molar-refractivity contribution in [3.63, 3.8) is 0 Å². The first kappa shape index (κ1) is 24.3. The standard InChI is InChI=1S/C27H30ClNO5S/c1-3-33-24(31)22-21(19-7-5-4-6-8-19)16(2)35-23(22)29-20(30)14-34-25(32)26-10-17-9-18(11-26)13-27(28,12-17)15-26/h4-8,17-18H,3,9-15H2,1-2H3,(H,29,30)/t17-,18+,26?,27?. The number of thiophene rings is 1. The van der Waals surface area contributed by atoms with Crippen LogP contribution in [0.4, 0.5) is 5.00 Å². The van der Waals surface area contributed by atoms with Crippen LogP contribution in [0.3, 0.4) is 0 Å². The highest BCUT2D eigenvalue weighted by molar-refractivity contribution is 7.17. The van der Waals surface area contributed by atoms with Crippen LogP contribution in [0.1, 0.15) is 60.7 Å². The zero-order valence-electron chi connectivity index (χ0n) is 20.0. The Balaban J connectivity index is 1.30. The fourth-order valence-corrected chi connectivity index (χ4v) is 8.59. The topological polar surface area (TPSA) is 81.7 Å². The lowest BCUT2D eigenvalue weighted by Gasteiger charge is -2.58. The molecule has 4 saturated carbocycles. The molecule has 186 valence electrons. The zero-order chi connectivity index (χ0) is 24.8. The van der Waals surface area contributed by atoms with E-state index in [2.05, 4.69) is 5.32 Å². The second-order valence-corrected chi connectivity index (χ2v) is 12.4. The number of nitrogens with one attached hydrogen (secondary N) is 1. The van der Waals surface area contributed by atoms with E-state index in [1.165, 1.54) is 11.3 Å². The molecule has 1 aromatic heterocycles. The highest BCUT2D eigenvalue weighted by atomic mass is 35.5. The first-order valence-corrected chi connectivity index (χ1v) is 13.4. The number of hydrogen-bond acceptors (Lipinski definition) is 6. The number of amides is 1. The molecule has 4 aliphatic rings. The number of benzene rings is 1. The smallest absolute Gasteiger partial charge is 0.341 e. The largest absolute Gasteiger partial charge is 0.462 e. The first-order valence-electron chi connectivity index (χ1n) is 12.2. The molecule has 6 rings (SSSR count). The minimum Gasteiger partial charge on any atom is -0.462 e. The summed E-state index contributed by atoms with van der Waals surface area (Å²) in [4.78, 5) is 39.4. The van der Waals surface area contributed by atoms with Gasteiger partial charge in [0.1, 0.15) is 10.6 Å². The van der Waals surface area contributed by atoms with Crippen LogP contribution in [0.5, 0.6) is 0 Å². The van der Waals surface area contributed by atoms with Crippen molar-refractivity contribution in [1.82, 2.24) is 0 Å². The quantitative estimate of drug-likeness (QED) is 0.363. The van der Waals surface area contributed by atoms with Crippen molar-refractivity contribution in [1.29, 1.82) is 0 Å². The van der Waals surface area contributed by atoms with Crippen LogP contribution in [0.15, 0.2) is 30.3 Å². The molecule has 4 atom stereocenters. The van der Waals surface area contributed by atoms with Gasteiger partial charge in [-0.1, -0.05) is 30.3 Å². The fourth-order valence-electron chi connectivity index (χ4n) is 6.82. The number of halogens is 1. The number of carbonyl (C=O) groups excluding carboxylic acids is 3. The molecule has 0 saturated heterocycles. The summed E-state index contributed by atoms with van der Waals surface area (Å²) >= 11 is 8.15. The average molecular weight is 516 g/mol. The molecule has 8 heteroatoms. The van der Waals surface area contributed by atoms with Gasteiger partial charge in [-0.05, 0) is 69.8 Å². The Labute approximate surface area is 214 Å². The van der Waals surface area contributed by atoms with Crippen molar-refractivity contribution in [2.24, 2.45) is 17.3 Å². The lowest BCUT2D eigenvalue weighted by molar-refractivity contribution is -0.171. The van der Waals surface area contributed by atoms with Gasteiger partial charge in [0.05, 0.1) is 12.0 Å². The van der Waals surface area contributed by atoms with Gasteiger partial charge in [-0.3, -0.25) is 9.59 Å². The van der Waals surface area contributed by atoms with Crippen LogP contribution in [-0.4, -0.2) is 35.9 Å². The minimum absolute atomic E-state index is 0.221. The Morgan fingerprint density at radius 1 is 1.09 bits per heavy atom. The molecule has 4 aliphatic carbocycles. The Bertz CT molecular complexity index is 1150. The molecule has 1 amide bonds. The second-order valence-electron chi connectivity index (χ2n) is 10.3. The van der Waals surface area contributed by atoms with Crippen LogP contribution < -0.4 is 5.32 Å². The Morgan fingerprint density at radius 3 is 2.40 bits per heavy atom. The number of anilines is 1. The molecule has 4 bridgehead atoms. The average Bonchev–Trinajstić information content (AvgIpc) is 3.12. The molecule has 2 unspecified atom stereocenters. The monoisotopic (exact) mass is 515 g/mol. The molecule has 1 aromatic carbocycles. The van der Waals surface area contributed by atoms with Gasteiger partial charge in [-0.25, -0.2) is 4.79 Å². The Kier molecular flexibility index (Phi) is 6.43. The molecule has 6 nitrogen and oxygen atoms in total. The number of ether oxygens (including phenoxy) is 2. The number of rotatable bonds is 7. The van der Waals surface area contributed by atoms with Gasteiger partial charge >= 0.3 is 11.9 Å². The van der Waals surface area contributed by atoms with Crippen molar-refractivity contribution in [2.75, 3.05) is 18.5 Å². The first-order chi connectivity index (χ1) is 16.7. The number of carbonyl (C=O) groups is 3. The molecule has 35 heavy (non-hydrogen) atoms. The van der Waals surface area contributed by atoms with Crippen molar-refractivity contribution < 1.29 is 23.9 Å². The van der Waals surface area contributed by atoms with Gasteiger partial charge in [-0.15, -0.1) is 22.9 Å². The summed E-state index contributed by atoms with van der Waals surface area (Å²) in [6.45, 7) is 3.47. The van der Waals surface area contributed by atoms with Gasteiger partial charge in [0.15, 0.2) is 6.61 Å². The minimum atomic E-state index is -0.567. The van der Waals surface area contributed by atoms with E-state index >= 15 is 0 Å². The van der Waals surface area contributed by atoms with Gasteiger partial charge in [0.25, 0.3) is 5.91 Å². The molecule has 1 N–H and O–H groups in total. The predicted molar refractivity (Wildman–Crippen MR) is 136 cm³/mol. The van der Waals surface area contributed by atoms with Crippen molar-refractivity contribution in [3.8, 4) is 11.1 Å². The third-order valence-electron chi connectivity index (χ3n) is 7.64. The van der Waals surface area contributed by atoms with E-state index in [4.69, 9.17) is 21.1 Å². The molecule has 1 heterocycles. The van der Waals surface area contributed by atoms with Crippen LogP contribution in [0.2, 0.25) is 0 Å². The van der Waals surface area contributed by atoms with Gasteiger partial charge in [0.2, 0.25) is 0 Å². The predicted octanol–water partition coefficient (Wildman–Crippen LogP) is 5.96. The molecule has 2 aromatic rings. The van der Waals surface area contributed by atoms with Crippen molar-refractivity contribution >= 4 is 45.8 Å². The SMILES string of the molecule is CCOC(=O)c1c(NC(=O)COC(=O)C23C[C@@H]4C[C@@H](CC(Cl)(C4)C2)C3)sc(C)c1-c1ccccc1. The Morgan fingerprint density at radius 2 is 1.77 bits per heavy atom. The molecule has 4 fully saturated rings. The summed E-state index contributed by atoms with van der Waals surface area (Å²) in [5.74, 6) is -0.357. The van der Waals surface area contributed by atoms with Crippen molar-refractivity contribution in [3.05, 3.63) is 40.8 Å². The summed E-state index contributed by atoms with van der Waals surface area (Å²) in [5.41, 5.74) is 1.36. The number of hydrogen-bond donors (Lipinski definition) is 1. The van der Waals surface area contributed by atoms with E-state index in [0.29, 0.717) is 28.8 Å². The van der Waals surface area contributed by atoms with Gasteiger partial charge in [0, 0.05) is 15.3 Å². The highest BCUT2D eigenvalue weighted by Gasteiger charge is 2.60. The van der Waals surface area contributed by atoms with Crippen LogP contribution in [-0.2, 0) is 19.1 Å². The van der Waals surface area contributed by atoms with Crippen molar-refractivity contribution in [2.45, 2.75) is 57.2 Å². The van der Waals surface area contributed by atoms with E-state index in [1.54, 1.807) is 6.92 Å². The van der Waals surface area contributed by atoms with E-state index < -0.39 is 23.9 Å². The van der Waals surface area contributed by atoms with Crippen LogP contribution in [0.25, 0.3) is 11.1 Å². The summed E-state index contributed by atoms with van der Waals surface area (Å²) in [6, 6.07) is 9.53. The summed E-state index contributed by atoms with van der Waals surface area (Å²) < 4.78 is 10.8. The second kappa shape index (κ2) is 9.25. The maximum Gasteiger partial charge on any atom is 0.341 e. The normalized spacial score (nSPS) is 28.5. The third kappa shape index (κ3) is 4.60. The van der Waals surface area contributed by atoms with Gasteiger partial charge in [-0.2, -0.15) is 0 Å². The lowest BCUT2D eigenvalue weighted by Crippen LogP contribution is -2.56. The van der Waals surface area contributed by atoms with E-state index in [9.17, 15) is 14.4 Å². The number of esters is 2. The van der Waals surface area contributed by atoms with Crippen LogP contribution >= 0.6 is 22.9 Å². The summed E-state index contributed by atoms with van der Waals surface area (Å²) in [7, 11) is 0. The maximum absolute atomic E-state index is 13.2. The summed E-state index contributed by atoms with van der Waals surface area (Å²) in [6.07, 6.45) is 5.32. The molecule has 0 aliphatic heterocycles. The molecular formula is C27H30ClNO5S. The Hall–Kier alpha value is -2.38. The maximum atomic E-state index is 13.2.